The van der Waals surface area contributed by atoms with Gasteiger partial charge in [-0.15, -0.1) is 11.6 Å². The van der Waals surface area contributed by atoms with Crippen molar-refractivity contribution in [3.8, 4) is 0 Å². The van der Waals surface area contributed by atoms with Crippen LogP contribution in [-0.4, -0.2) is 48.1 Å². The van der Waals surface area contributed by atoms with E-state index in [1.807, 2.05) is 27.7 Å². The maximum absolute atomic E-state index is 12.7. The molecule has 0 heterocycles. The number of carbonyl (C=O) groups excluding carboxylic acids is 3. The van der Waals surface area contributed by atoms with Gasteiger partial charge in [-0.3, -0.25) is 14.4 Å². The van der Waals surface area contributed by atoms with Crippen LogP contribution in [0.5, 0.6) is 0 Å². The summed E-state index contributed by atoms with van der Waals surface area (Å²) in [5, 5.41) is 5.45. The van der Waals surface area contributed by atoms with Crippen molar-refractivity contribution < 1.29 is 14.4 Å². The number of nitrogens with two attached hydrogens (primary N) is 2. The van der Waals surface area contributed by atoms with Gasteiger partial charge in [0.15, 0.2) is 5.78 Å². The lowest BCUT2D eigenvalue weighted by molar-refractivity contribution is -0.132. The van der Waals surface area contributed by atoms with Crippen LogP contribution in [0.4, 0.5) is 0 Å². The molecule has 0 saturated heterocycles. The van der Waals surface area contributed by atoms with Crippen LogP contribution < -0.4 is 22.1 Å². The molecule has 8 heteroatoms. The number of alkyl halides is 1. The predicted octanol–water partition coefficient (Wildman–Crippen LogP) is 0.922. The van der Waals surface area contributed by atoms with E-state index in [-0.39, 0.29) is 35.3 Å². The number of hydrogen-bond donors (Lipinski definition) is 4. The van der Waals surface area contributed by atoms with Crippen LogP contribution >= 0.6 is 11.6 Å². The van der Waals surface area contributed by atoms with E-state index in [0.29, 0.717) is 25.8 Å². The van der Waals surface area contributed by atoms with E-state index >= 15 is 0 Å². The molecule has 0 aliphatic carbocycles. The predicted molar refractivity (Wildman–Crippen MR) is 105 cm³/mol. The zero-order chi connectivity index (χ0) is 20.3. The Morgan fingerprint density at radius 3 is 2.00 bits per heavy atom. The summed E-state index contributed by atoms with van der Waals surface area (Å²) in [6, 6.07) is -2.10. The number of carbonyl (C=O) groups is 3. The highest BCUT2D eigenvalue weighted by atomic mass is 35.5. The molecule has 0 spiro atoms. The first-order valence-electron chi connectivity index (χ1n) is 9.29. The van der Waals surface area contributed by atoms with E-state index in [4.69, 9.17) is 23.1 Å². The van der Waals surface area contributed by atoms with Gasteiger partial charge in [0.25, 0.3) is 0 Å². The van der Waals surface area contributed by atoms with Crippen molar-refractivity contribution in [2.45, 2.75) is 71.5 Å². The lowest BCUT2D eigenvalue weighted by Gasteiger charge is -2.25. The molecule has 0 aromatic carbocycles. The van der Waals surface area contributed by atoms with Crippen LogP contribution in [0, 0.1) is 11.8 Å². The van der Waals surface area contributed by atoms with Gasteiger partial charge in [-0.25, -0.2) is 0 Å². The molecule has 0 rings (SSSR count). The molecule has 6 N–H and O–H groups in total. The Morgan fingerprint density at radius 2 is 1.54 bits per heavy atom. The monoisotopic (exact) mass is 390 g/mol. The van der Waals surface area contributed by atoms with Crippen LogP contribution in [0.3, 0.4) is 0 Å². The minimum absolute atomic E-state index is 0.0420. The van der Waals surface area contributed by atoms with Crippen molar-refractivity contribution in [3.05, 3.63) is 0 Å². The second kappa shape index (κ2) is 13.1. The van der Waals surface area contributed by atoms with E-state index in [1.165, 1.54) is 0 Å². The van der Waals surface area contributed by atoms with Gasteiger partial charge in [0, 0.05) is 0 Å². The van der Waals surface area contributed by atoms with Crippen LogP contribution in [0.15, 0.2) is 0 Å². The average Bonchev–Trinajstić information content (AvgIpc) is 2.58. The number of hydrogen-bond acceptors (Lipinski definition) is 5. The summed E-state index contributed by atoms with van der Waals surface area (Å²) in [7, 11) is 0. The summed E-state index contributed by atoms with van der Waals surface area (Å²) in [6.07, 6.45) is 2.40. The molecule has 7 nitrogen and oxygen atoms in total. The lowest BCUT2D eigenvalue weighted by Crippen LogP contribution is -2.55. The molecule has 0 aliphatic heterocycles. The van der Waals surface area contributed by atoms with Crippen molar-refractivity contribution in [2.24, 2.45) is 23.3 Å². The first-order valence-corrected chi connectivity index (χ1v) is 9.82. The fraction of sp³-hybridized carbons (Fsp3) is 0.833. The van der Waals surface area contributed by atoms with Gasteiger partial charge in [-0.05, 0) is 44.1 Å². The molecule has 152 valence electrons. The highest BCUT2D eigenvalue weighted by molar-refractivity contribution is 6.28. The SMILES string of the molecule is CC(C)CC(NC(=O)C(N)C(C)C)C(=O)NC(CCCCN)C(=O)CCl. The number of halogens is 1. The van der Waals surface area contributed by atoms with Crippen molar-refractivity contribution in [2.75, 3.05) is 12.4 Å². The van der Waals surface area contributed by atoms with Gasteiger partial charge in [-0.2, -0.15) is 0 Å². The van der Waals surface area contributed by atoms with Gasteiger partial charge >= 0.3 is 0 Å². The molecule has 3 atom stereocenters. The minimum Gasteiger partial charge on any atom is -0.344 e. The van der Waals surface area contributed by atoms with E-state index in [1.54, 1.807) is 0 Å². The third-order valence-corrected chi connectivity index (χ3v) is 4.41. The molecule has 26 heavy (non-hydrogen) atoms. The Balaban J connectivity index is 5.06. The molecule has 0 aromatic heterocycles. The van der Waals surface area contributed by atoms with Crippen LogP contribution in [-0.2, 0) is 14.4 Å². The Hall–Kier alpha value is -1.18. The number of rotatable bonds is 13. The summed E-state index contributed by atoms with van der Waals surface area (Å²) < 4.78 is 0. The lowest BCUT2D eigenvalue weighted by atomic mass is 9.99. The van der Waals surface area contributed by atoms with Crippen LogP contribution in [0.2, 0.25) is 0 Å². The standard InChI is InChI=1S/C18H35ClN4O3/c1-11(2)9-14(23-18(26)16(21)12(3)4)17(25)22-13(15(24)10-19)7-5-6-8-20/h11-14,16H,5-10,20-21H2,1-4H3,(H,22,25)(H,23,26). The number of nitrogens with one attached hydrogen (secondary N) is 2. The maximum atomic E-state index is 12.7. The van der Waals surface area contributed by atoms with Crippen LogP contribution in [0.25, 0.3) is 0 Å². The first-order chi connectivity index (χ1) is 12.1. The molecule has 3 unspecified atom stereocenters. The topological polar surface area (TPSA) is 127 Å². The third-order valence-electron chi connectivity index (χ3n) is 4.14. The summed E-state index contributed by atoms with van der Waals surface area (Å²) >= 11 is 5.66. The summed E-state index contributed by atoms with van der Waals surface area (Å²) in [6.45, 7) is 8.12. The Kier molecular flexibility index (Phi) is 12.5. The Labute approximate surface area is 162 Å². The smallest absolute Gasteiger partial charge is 0.243 e. The fourth-order valence-corrected chi connectivity index (χ4v) is 2.63. The number of ketones is 1. The summed E-state index contributed by atoms with van der Waals surface area (Å²) in [5.74, 6) is -1.04. The van der Waals surface area contributed by atoms with Gasteiger partial charge < -0.3 is 22.1 Å². The van der Waals surface area contributed by atoms with Gasteiger partial charge in [0.1, 0.15) is 6.04 Å². The first kappa shape index (κ1) is 24.8. The molecular formula is C18H35ClN4O3. The summed E-state index contributed by atoms with van der Waals surface area (Å²) in [5.41, 5.74) is 11.3. The molecule has 0 aliphatic rings. The van der Waals surface area contributed by atoms with Crippen molar-refractivity contribution in [1.82, 2.24) is 10.6 Å². The quantitative estimate of drug-likeness (QED) is 0.274. The average molecular weight is 391 g/mol. The molecule has 0 fully saturated rings. The summed E-state index contributed by atoms with van der Waals surface area (Å²) in [4.78, 5) is 37.0. The van der Waals surface area contributed by atoms with Gasteiger partial charge in [0.2, 0.25) is 11.8 Å². The molecule has 0 saturated carbocycles. The van der Waals surface area contributed by atoms with Crippen LogP contribution in [0.1, 0.15) is 53.4 Å². The zero-order valence-electron chi connectivity index (χ0n) is 16.4. The van der Waals surface area contributed by atoms with E-state index in [2.05, 4.69) is 10.6 Å². The van der Waals surface area contributed by atoms with Crippen molar-refractivity contribution in [1.29, 1.82) is 0 Å². The maximum Gasteiger partial charge on any atom is 0.243 e. The number of unbranched alkanes of at least 4 members (excludes halogenated alkanes) is 1. The number of Topliss-reactive ketones (excluding diaryl/α,β-unsaturated/α-hetero) is 1. The molecule has 0 radical (unpaired) electrons. The van der Waals surface area contributed by atoms with E-state index in [9.17, 15) is 14.4 Å². The third kappa shape index (κ3) is 9.50. The Bertz CT molecular complexity index is 458. The molecule has 0 bridgehead atoms. The van der Waals surface area contributed by atoms with Crippen molar-refractivity contribution >= 4 is 29.2 Å². The Morgan fingerprint density at radius 1 is 0.962 bits per heavy atom. The fourth-order valence-electron chi connectivity index (χ4n) is 2.45. The van der Waals surface area contributed by atoms with E-state index in [0.717, 1.165) is 6.42 Å². The molecular weight excluding hydrogens is 356 g/mol. The second-order valence-electron chi connectivity index (χ2n) is 7.41. The van der Waals surface area contributed by atoms with E-state index < -0.39 is 18.1 Å². The van der Waals surface area contributed by atoms with Gasteiger partial charge in [0.05, 0.1) is 18.0 Å². The molecule has 2 amide bonds. The normalized spacial score (nSPS) is 14.8. The largest absolute Gasteiger partial charge is 0.344 e. The molecule has 0 aromatic rings. The second-order valence-corrected chi connectivity index (χ2v) is 7.67. The minimum atomic E-state index is -0.743. The number of amides is 2. The highest BCUT2D eigenvalue weighted by Crippen LogP contribution is 2.09. The zero-order valence-corrected chi connectivity index (χ0v) is 17.1. The van der Waals surface area contributed by atoms with Crippen molar-refractivity contribution in [3.63, 3.8) is 0 Å². The van der Waals surface area contributed by atoms with Gasteiger partial charge in [-0.1, -0.05) is 27.7 Å². The highest BCUT2D eigenvalue weighted by Gasteiger charge is 2.28.